The second-order valence-corrected chi connectivity index (χ2v) is 5.63. The summed E-state index contributed by atoms with van der Waals surface area (Å²) in [6.07, 6.45) is 0.325. The van der Waals surface area contributed by atoms with Crippen LogP contribution in [-0.2, 0) is 4.74 Å². The minimum Gasteiger partial charge on any atom is -0.465 e. The Kier molecular flexibility index (Phi) is 7.26. The number of carbonyl (C=O) groups excluding carboxylic acids is 1. The number of nitrogens with one attached hydrogen (secondary N) is 1. The molecule has 1 atom stereocenters. The molecule has 0 saturated heterocycles. The van der Waals surface area contributed by atoms with Crippen molar-refractivity contribution in [1.82, 2.24) is 10.2 Å². The summed E-state index contributed by atoms with van der Waals surface area (Å²) >= 11 is 0. The van der Waals surface area contributed by atoms with Crippen molar-refractivity contribution in [3.63, 3.8) is 0 Å². The monoisotopic (exact) mass is 274 g/mol. The molecule has 0 aliphatic heterocycles. The van der Waals surface area contributed by atoms with Crippen LogP contribution in [0.4, 0.5) is 9.59 Å². The first-order valence-electron chi connectivity index (χ1n) is 6.63. The number of carbonyl (C=O) groups is 2. The molecular weight excluding hydrogens is 248 g/mol. The van der Waals surface area contributed by atoms with Crippen LogP contribution >= 0.6 is 0 Å². The van der Waals surface area contributed by atoms with Crippen LogP contribution in [0.5, 0.6) is 0 Å². The van der Waals surface area contributed by atoms with Crippen molar-refractivity contribution < 1.29 is 19.4 Å². The average Bonchev–Trinajstić information content (AvgIpc) is 2.20. The van der Waals surface area contributed by atoms with Crippen molar-refractivity contribution >= 4 is 12.2 Å². The van der Waals surface area contributed by atoms with Crippen LogP contribution in [0.2, 0.25) is 0 Å². The fourth-order valence-electron chi connectivity index (χ4n) is 1.52. The van der Waals surface area contributed by atoms with E-state index in [1.807, 2.05) is 27.7 Å². The van der Waals surface area contributed by atoms with E-state index in [9.17, 15) is 9.59 Å². The number of amides is 2. The molecule has 0 fully saturated rings. The number of ether oxygens (including phenoxy) is 1. The molecule has 0 spiro atoms. The first-order chi connectivity index (χ1) is 8.65. The lowest BCUT2D eigenvalue weighted by Crippen LogP contribution is -2.46. The lowest BCUT2D eigenvalue weighted by molar-refractivity contribution is 0.0232. The number of nitrogens with zero attached hydrogens (tertiary/aromatic N) is 1. The standard InChI is InChI=1S/C13H26N2O4/c1-6-7-8-15(9-10(2)14-11(16)17)12(18)19-13(3,4)5/h10,14H,6-9H2,1-5H3,(H,16,17). The highest BCUT2D eigenvalue weighted by Gasteiger charge is 2.23. The van der Waals surface area contributed by atoms with Crippen LogP contribution in [0.3, 0.4) is 0 Å². The lowest BCUT2D eigenvalue weighted by Gasteiger charge is -2.29. The van der Waals surface area contributed by atoms with Gasteiger partial charge in [-0.25, -0.2) is 9.59 Å². The Labute approximate surface area is 115 Å². The zero-order chi connectivity index (χ0) is 15.1. The molecule has 0 aromatic carbocycles. The van der Waals surface area contributed by atoms with E-state index in [-0.39, 0.29) is 6.04 Å². The van der Waals surface area contributed by atoms with Crippen LogP contribution in [0.15, 0.2) is 0 Å². The van der Waals surface area contributed by atoms with Gasteiger partial charge in [0.1, 0.15) is 5.60 Å². The van der Waals surface area contributed by atoms with E-state index in [2.05, 4.69) is 5.32 Å². The third-order valence-electron chi connectivity index (χ3n) is 2.30. The Morgan fingerprint density at radius 1 is 1.37 bits per heavy atom. The molecule has 6 nitrogen and oxygen atoms in total. The van der Waals surface area contributed by atoms with Gasteiger partial charge in [0, 0.05) is 19.1 Å². The van der Waals surface area contributed by atoms with E-state index in [1.165, 1.54) is 0 Å². The summed E-state index contributed by atoms with van der Waals surface area (Å²) in [4.78, 5) is 24.1. The summed E-state index contributed by atoms with van der Waals surface area (Å²) in [6.45, 7) is 10.0. The summed E-state index contributed by atoms with van der Waals surface area (Å²) in [5.41, 5.74) is -0.551. The summed E-state index contributed by atoms with van der Waals surface area (Å²) in [7, 11) is 0. The van der Waals surface area contributed by atoms with Crippen molar-refractivity contribution in [3.8, 4) is 0 Å². The van der Waals surface area contributed by atoms with E-state index in [0.717, 1.165) is 12.8 Å². The maximum absolute atomic E-state index is 12.0. The van der Waals surface area contributed by atoms with E-state index >= 15 is 0 Å². The second-order valence-electron chi connectivity index (χ2n) is 5.63. The fourth-order valence-corrected chi connectivity index (χ4v) is 1.52. The average molecular weight is 274 g/mol. The molecule has 112 valence electrons. The molecule has 0 aliphatic carbocycles. The van der Waals surface area contributed by atoms with Gasteiger partial charge in [-0.05, 0) is 34.1 Å². The molecule has 0 saturated carbocycles. The molecule has 0 aliphatic rings. The van der Waals surface area contributed by atoms with Crippen LogP contribution in [0.1, 0.15) is 47.5 Å². The van der Waals surface area contributed by atoms with Gasteiger partial charge in [0.15, 0.2) is 0 Å². The van der Waals surface area contributed by atoms with Gasteiger partial charge in [-0.1, -0.05) is 13.3 Å². The van der Waals surface area contributed by atoms with Crippen molar-refractivity contribution in [3.05, 3.63) is 0 Å². The number of hydrogen-bond acceptors (Lipinski definition) is 3. The Hall–Kier alpha value is -1.46. The maximum atomic E-state index is 12.0. The van der Waals surface area contributed by atoms with Gasteiger partial charge in [0.25, 0.3) is 0 Å². The Morgan fingerprint density at radius 3 is 2.37 bits per heavy atom. The van der Waals surface area contributed by atoms with Crippen molar-refractivity contribution in [2.24, 2.45) is 0 Å². The zero-order valence-electron chi connectivity index (χ0n) is 12.5. The van der Waals surface area contributed by atoms with Crippen LogP contribution in [0.25, 0.3) is 0 Å². The lowest BCUT2D eigenvalue weighted by atomic mass is 10.2. The molecule has 1 unspecified atom stereocenters. The largest absolute Gasteiger partial charge is 0.465 e. The highest BCUT2D eigenvalue weighted by atomic mass is 16.6. The molecule has 0 aromatic rings. The maximum Gasteiger partial charge on any atom is 0.410 e. The van der Waals surface area contributed by atoms with E-state index in [0.29, 0.717) is 13.1 Å². The summed E-state index contributed by atoms with van der Waals surface area (Å²) < 4.78 is 5.31. The third kappa shape index (κ3) is 9.16. The summed E-state index contributed by atoms with van der Waals surface area (Å²) in [6, 6.07) is -0.332. The Bertz CT molecular complexity index is 300. The van der Waals surface area contributed by atoms with Crippen molar-refractivity contribution in [2.45, 2.75) is 59.1 Å². The van der Waals surface area contributed by atoms with Gasteiger partial charge in [-0.15, -0.1) is 0 Å². The SMILES string of the molecule is CCCCN(CC(C)NC(=O)O)C(=O)OC(C)(C)C. The van der Waals surface area contributed by atoms with Crippen molar-refractivity contribution in [1.29, 1.82) is 0 Å². The molecule has 2 amide bonds. The second kappa shape index (κ2) is 7.86. The molecule has 2 N–H and O–H groups in total. The van der Waals surface area contributed by atoms with E-state index in [4.69, 9.17) is 9.84 Å². The minimum absolute atomic E-state index is 0.307. The quantitative estimate of drug-likeness (QED) is 0.780. The third-order valence-corrected chi connectivity index (χ3v) is 2.30. The highest BCUT2D eigenvalue weighted by Crippen LogP contribution is 2.11. The predicted molar refractivity (Wildman–Crippen MR) is 73.3 cm³/mol. The highest BCUT2D eigenvalue weighted by molar-refractivity contribution is 5.68. The molecule has 6 heteroatoms. The predicted octanol–water partition coefficient (Wildman–Crippen LogP) is 2.68. The minimum atomic E-state index is -1.09. The zero-order valence-corrected chi connectivity index (χ0v) is 12.5. The van der Waals surface area contributed by atoms with E-state index in [1.54, 1.807) is 11.8 Å². The summed E-state index contributed by atoms with van der Waals surface area (Å²) in [5.74, 6) is 0. The first kappa shape index (κ1) is 17.5. The number of rotatable bonds is 6. The number of hydrogen-bond donors (Lipinski definition) is 2. The van der Waals surface area contributed by atoms with Crippen LogP contribution < -0.4 is 5.32 Å². The smallest absolute Gasteiger partial charge is 0.410 e. The number of carboxylic acid groups (broad SMARTS) is 1. The van der Waals surface area contributed by atoms with Gasteiger partial charge in [-0.3, -0.25) is 0 Å². The van der Waals surface area contributed by atoms with Gasteiger partial charge in [0.05, 0.1) is 0 Å². The summed E-state index contributed by atoms with van der Waals surface area (Å²) in [5, 5.41) is 11.0. The molecule has 0 bridgehead atoms. The molecule has 19 heavy (non-hydrogen) atoms. The molecular formula is C13H26N2O4. The van der Waals surface area contributed by atoms with E-state index < -0.39 is 17.8 Å². The molecule has 0 aromatic heterocycles. The van der Waals surface area contributed by atoms with Crippen LogP contribution in [0, 0.1) is 0 Å². The topological polar surface area (TPSA) is 78.9 Å². The van der Waals surface area contributed by atoms with Gasteiger partial charge < -0.3 is 20.1 Å². The first-order valence-corrected chi connectivity index (χ1v) is 6.63. The fraction of sp³-hybridized carbons (Fsp3) is 0.846. The van der Waals surface area contributed by atoms with Gasteiger partial charge in [-0.2, -0.15) is 0 Å². The van der Waals surface area contributed by atoms with Gasteiger partial charge >= 0.3 is 12.2 Å². The van der Waals surface area contributed by atoms with Crippen LogP contribution in [-0.4, -0.2) is 46.9 Å². The molecule has 0 radical (unpaired) electrons. The molecule has 0 rings (SSSR count). The molecule has 0 heterocycles. The Morgan fingerprint density at radius 2 is 1.95 bits per heavy atom. The number of unbranched alkanes of at least 4 members (excludes halogenated alkanes) is 1. The Balaban J connectivity index is 4.52. The van der Waals surface area contributed by atoms with Crippen molar-refractivity contribution in [2.75, 3.05) is 13.1 Å². The van der Waals surface area contributed by atoms with Gasteiger partial charge in [0.2, 0.25) is 0 Å². The normalized spacial score (nSPS) is 12.7.